The lowest BCUT2D eigenvalue weighted by Crippen LogP contribution is -2.28. The monoisotopic (exact) mass is 794 g/mol. The summed E-state index contributed by atoms with van der Waals surface area (Å²) >= 11 is 0. The molecule has 0 fully saturated rings. The molecule has 12 rings (SSSR count). The Morgan fingerprint density at radius 1 is 0.371 bits per heavy atom. The second kappa shape index (κ2) is 14.3. The number of aromatic nitrogens is 1. The SMILES string of the molecule is Fc1ccc(N(c2ccc(-c3ccc4c(c3)c3ccccc3n4-c3ccc4c(c3)-c3ccccc3C4(c3ccccc3)c3ccccc3)cc2)c2ccc3ccccc3c2)cc1. The normalized spacial score (nSPS) is 12.7. The lowest BCUT2D eigenvalue weighted by molar-refractivity contribution is 0.628. The molecule has 0 spiro atoms. The number of anilines is 3. The highest BCUT2D eigenvalue weighted by atomic mass is 19.1. The van der Waals surface area contributed by atoms with E-state index >= 15 is 0 Å². The van der Waals surface area contributed by atoms with Gasteiger partial charge in [-0.15, -0.1) is 0 Å². The fraction of sp³-hybridized carbons (Fsp3) is 0.0169. The molecule has 62 heavy (non-hydrogen) atoms. The van der Waals surface area contributed by atoms with Crippen molar-refractivity contribution in [3.05, 3.63) is 265 Å². The summed E-state index contributed by atoms with van der Waals surface area (Å²) in [5.74, 6) is -0.256. The van der Waals surface area contributed by atoms with Gasteiger partial charge in [-0.3, -0.25) is 0 Å². The van der Waals surface area contributed by atoms with E-state index in [1.165, 1.54) is 67.2 Å². The number of para-hydroxylation sites is 1. The predicted octanol–water partition coefficient (Wildman–Crippen LogP) is 15.6. The second-order valence-corrected chi connectivity index (χ2v) is 16.2. The van der Waals surface area contributed by atoms with Gasteiger partial charge in [0.15, 0.2) is 0 Å². The fourth-order valence-electron chi connectivity index (χ4n) is 10.2. The maximum Gasteiger partial charge on any atom is 0.123 e. The molecule has 0 unspecified atom stereocenters. The Morgan fingerprint density at radius 2 is 0.952 bits per heavy atom. The van der Waals surface area contributed by atoms with E-state index in [4.69, 9.17) is 0 Å². The Bertz CT molecular complexity index is 3420. The summed E-state index contributed by atoms with van der Waals surface area (Å²) in [7, 11) is 0. The van der Waals surface area contributed by atoms with Gasteiger partial charge < -0.3 is 9.47 Å². The first-order valence-corrected chi connectivity index (χ1v) is 21.2. The number of benzene rings is 10. The van der Waals surface area contributed by atoms with Crippen molar-refractivity contribution in [2.24, 2.45) is 0 Å². The summed E-state index contributed by atoms with van der Waals surface area (Å²) in [6.07, 6.45) is 0. The highest BCUT2D eigenvalue weighted by Crippen LogP contribution is 2.56. The van der Waals surface area contributed by atoms with Crippen LogP contribution in [0.5, 0.6) is 0 Å². The number of nitrogens with zero attached hydrogens (tertiary/aromatic N) is 2. The summed E-state index contributed by atoms with van der Waals surface area (Å²) in [5, 5.41) is 4.74. The van der Waals surface area contributed by atoms with E-state index in [0.717, 1.165) is 44.8 Å². The van der Waals surface area contributed by atoms with Crippen molar-refractivity contribution >= 4 is 49.6 Å². The van der Waals surface area contributed by atoms with Crippen LogP contribution in [0.1, 0.15) is 22.3 Å². The average Bonchev–Trinajstić information content (AvgIpc) is 3.83. The lowest BCUT2D eigenvalue weighted by atomic mass is 9.68. The molecule has 0 saturated heterocycles. The van der Waals surface area contributed by atoms with Crippen molar-refractivity contribution < 1.29 is 4.39 Å². The molecule has 0 bridgehead atoms. The highest BCUT2D eigenvalue weighted by molar-refractivity contribution is 6.10. The van der Waals surface area contributed by atoms with Gasteiger partial charge in [0.2, 0.25) is 0 Å². The van der Waals surface area contributed by atoms with Crippen molar-refractivity contribution in [2.75, 3.05) is 4.90 Å². The number of hydrogen-bond acceptors (Lipinski definition) is 1. The Hall–Kier alpha value is -8.01. The van der Waals surface area contributed by atoms with Gasteiger partial charge in [0.1, 0.15) is 5.82 Å². The summed E-state index contributed by atoms with van der Waals surface area (Å²) in [5.41, 5.74) is 15.8. The van der Waals surface area contributed by atoms with Crippen LogP contribution < -0.4 is 4.90 Å². The number of hydrogen-bond donors (Lipinski definition) is 0. The molecule has 2 nitrogen and oxygen atoms in total. The van der Waals surface area contributed by atoms with Crippen molar-refractivity contribution in [3.8, 4) is 27.9 Å². The molecule has 0 aliphatic heterocycles. The summed E-state index contributed by atoms with van der Waals surface area (Å²) in [6, 6.07) is 83.8. The fourth-order valence-corrected chi connectivity index (χ4v) is 10.2. The van der Waals surface area contributed by atoms with E-state index < -0.39 is 5.41 Å². The number of fused-ring (bicyclic) bond motifs is 7. The first-order valence-electron chi connectivity index (χ1n) is 21.2. The van der Waals surface area contributed by atoms with Gasteiger partial charge >= 0.3 is 0 Å². The van der Waals surface area contributed by atoms with Crippen LogP contribution in [0, 0.1) is 5.82 Å². The van der Waals surface area contributed by atoms with Crippen LogP contribution in [0.25, 0.3) is 60.5 Å². The average molecular weight is 795 g/mol. The molecule has 0 radical (unpaired) electrons. The Labute approximate surface area is 360 Å². The zero-order chi connectivity index (χ0) is 41.2. The third-order valence-electron chi connectivity index (χ3n) is 12.9. The smallest absolute Gasteiger partial charge is 0.123 e. The third kappa shape index (κ3) is 5.56. The molecule has 1 heterocycles. The van der Waals surface area contributed by atoms with Crippen molar-refractivity contribution in [1.29, 1.82) is 0 Å². The summed E-state index contributed by atoms with van der Waals surface area (Å²) < 4.78 is 16.6. The maximum atomic E-state index is 14.1. The largest absolute Gasteiger partial charge is 0.310 e. The van der Waals surface area contributed by atoms with E-state index in [-0.39, 0.29) is 5.82 Å². The lowest BCUT2D eigenvalue weighted by Gasteiger charge is -2.33. The maximum absolute atomic E-state index is 14.1. The van der Waals surface area contributed by atoms with Gasteiger partial charge in [-0.05, 0) is 134 Å². The molecule has 1 aliphatic carbocycles. The zero-order valence-electron chi connectivity index (χ0n) is 33.8. The van der Waals surface area contributed by atoms with E-state index in [9.17, 15) is 4.39 Å². The number of halogens is 1. The van der Waals surface area contributed by atoms with Crippen LogP contribution >= 0.6 is 0 Å². The zero-order valence-corrected chi connectivity index (χ0v) is 33.8. The molecule has 0 N–H and O–H groups in total. The summed E-state index contributed by atoms with van der Waals surface area (Å²) in [6.45, 7) is 0. The topological polar surface area (TPSA) is 8.17 Å². The van der Waals surface area contributed by atoms with Crippen LogP contribution in [-0.2, 0) is 5.41 Å². The standard InChI is InChI=1S/C59H39FN2/c60-46-27-32-48(33-28-46)61(49-31-25-40-13-7-8-14-42(40)37-49)47-29-23-41(24-30-47)43-26-36-58-54(38-43)52-20-10-12-22-57(52)62(58)50-34-35-56-53(39-50)51-19-9-11-21-55(51)59(56,44-15-3-1-4-16-44)45-17-5-2-6-18-45/h1-39H. The molecule has 0 saturated carbocycles. The summed E-state index contributed by atoms with van der Waals surface area (Å²) in [4.78, 5) is 2.19. The first-order chi connectivity index (χ1) is 30.6. The van der Waals surface area contributed by atoms with Crippen molar-refractivity contribution in [3.63, 3.8) is 0 Å². The Balaban J connectivity index is 0.970. The molecule has 3 heteroatoms. The quantitative estimate of drug-likeness (QED) is 0.156. The van der Waals surface area contributed by atoms with Gasteiger partial charge in [0.25, 0.3) is 0 Å². The third-order valence-corrected chi connectivity index (χ3v) is 12.9. The van der Waals surface area contributed by atoms with E-state index in [1.54, 1.807) is 0 Å². The molecule has 0 atom stereocenters. The van der Waals surface area contributed by atoms with Crippen molar-refractivity contribution in [1.82, 2.24) is 4.57 Å². The van der Waals surface area contributed by atoms with Gasteiger partial charge in [0, 0.05) is 33.5 Å². The predicted molar refractivity (Wildman–Crippen MR) is 256 cm³/mol. The van der Waals surface area contributed by atoms with Gasteiger partial charge in [-0.2, -0.15) is 0 Å². The van der Waals surface area contributed by atoms with Gasteiger partial charge in [-0.1, -0.05) is 158 Å². The van der Waals surface area contributed by atoms with E-state index in [1.807, 2.05) is 12.1 Å². The minimum Gasteiger partial charge on any atom is -0.310 e. The van der Waals surface area contributed by atoms with E-state index in [2.05, 4.69) is 222 Å². The minimum atomic E-state index is -0.441. The molecular formula is C59H39FN2. The van der Waals surface area contributed by atoms with Crippen LogP contribution in [-0.4, -0.2) is 4.57 Å². The molecule has 10 aromatic carbocycles. The van der Waals surface area contributed by atoms with E-state index in [0.29, 0.717) is 0 Å². The minimum absolute atomic E-state index is 0.256. The van der Waals surface area contributed by atoms with Crippen LogP contribution in [0.3, 0.4) is 0 Å². The van der Waals surface area contributed by atoms with Gasteiger partial charge in [0.05, 0.1) is 16.4 Å². The molecular weight excluding hydrogens is 756 g/mol. The highest BCUT2D eigenvalue weighted by Gasteiger charge is 2.46. The van der Waals surface area contributed by atoms with Crippen LogP contribution in [0.15, 0.2) is 237 Å². The Morgan fingerprint density at radius 3 is 1.71 bits per heavy atom. The second-order valence-electron chi connectivity index (χ2n) is 16.2. The molecule has 0 amide bonds. The molecule has 11 aromatic rings. The number of rotatable bonds is 7. The van der Waals surface area contributed by atoms with Gasteiger partial charge in [-0.25, -0.2) is 4.39 Å². The van der Waals surface area contributed by atoms with Crippen LogP contribution in [0.4, 0.5) is 21.5 Å². The van der Waals surface area contributed by atoms with Crippen molar-refractivity contribution in [2.45, 2.75) is 5.41 Å². The first kappa shape index (κ1) is 35.9. The van der Waals surface area contributed by atoms with Crippen LogP contribution in [0.2, 0.25) is 0 Å². The molecule has 1 aliphatic rings. The molecule has 292 valence electrons. The Kier molecular flexibility index (Phi) is 8.29. The molecule has 1 aromatic heterocycles.